The predicted octanol–water partition coefficient (Wildman–Crippen LogP) is 18.4. The molecule has 0 aromatic heterocycles. The molecule has 1 fully saturated rings. The fourth-order valence-electron chi connectivity index (χ4n) is 18.4. The van der Waals surface area contributed by atoms with Crippen LogP contribution < -0.4 is 31.1 Å². The maximum Gasteiger partial charge on any atom is 0.252 e. The van der Waals surface area contributed by atoms with E-state index in [0.29, 0.717) is 0 Å². The number of nitrogens with zero attached hydrogens (tertiary/aromatic N) is 3. The van der Waals surface area contributed by atoms with Gasteiger partial charge >= 0.3 is 0 Å². The molecule has 0 radical (unpaired) electrons. The normalized spacial score (nSPS) is 24.7. The first-order valence-electron chi connectivity index (χ1n) is 31.6. The monoisotopic (exact) mass is 1070 g/mol. The first kappa shape index (κ1) is 51.9. The first-order valence-corrected chi connectivity index (χ1v) is 31.6. The lowest BCUT2D eigenvalue weighted by molar-refractivity contribution is 0.195. The van der Waals surface area contributed by atoms with Gasteiger partial charge in [-0.2, -0.15) is 0 Å². The van der Waals surface area contributed by atoms with E-state index < -0.39 is 0 Å². The van der Waals surface area contributed by atoms with Crippen LogP contribution in [-0.4, -0.2) is 12.3 Å². The maximum atomic E-state index is 2.89. The molecule has 3 nitrogen and oxygen atoms in total. The Labute approximate surface area is 487 Å². The summed E-state index contributed by atoms with van der Waals surface area (Å²) >= 11 is 0. The van der Waals surface area contributed by atoms with Crippen LogP contribution in [0.3, 0.4) is 0 Å². The Bertz CT molecular complexity index is 3880. The molecule has 3 aliphatic heterocycles. The molecule has 0 N–H and O–H groups in total. The third kappa shape index (κ3) is 7.38. The van der Waals surface area contributed by atoms with Crippen LogP contribution in [0.5, 0.6) is 0 Å². The molecule has 0 spiro atoms. The number of benzene rings is 7. The second-order valence-corrected chi connectivity index (χ2v) is 32.1. The van der Waals surface area contributed by atoms with Gasteiger partial charge in [0.25, 0.3) is 6.71 Å². The predicted molar refractivity (Wildman–Crippen MR) is 346 cm³/mol. The van der Waals surface area contributed by atoms with Gasteiger partial charge in [-0.05, 0) is 254 Å². The van der Waals surface area contributed by atoms with E-state index in [2.05, 4.69) is 234 Å². The van der Waals surface area contributed by atoms with Crippen molar-refractivity contribution in [1.29, 1.82) is 0 Å². The molecule has 414 valence electrons. The van der Waals surface area contributed by atoms with Gasteiger partial charge in [0.15, 0.2) is 0 Å². The summed E-state index contributed by atoms with van der Waals surface area (Å²) in [5, 5.41) is 0. The average Bonchev–Trinajstić information content (AvgIpc) is 4.00. The van der Waals surface area contributed by atoms with Crippen LogP contribution in [0.2, 0.25) is 0 Å². The number of hydrogen-bond acceptors (Lipinski definition) is 3. The zero-order chi connectivity index (χ0) is 56.5. The molecule has 1 saturated carbocycles. The van der Waals surface area contributed by atoms with E-state index >= 15 is 0 Å². The van der Waals surface area contributed by atoms with E-state index in [0.717, 1.165) is 32.1 Å². The van der Waals surface area contributed by atoms with Crippen LogP contribution in [0.4, 0.5) is 45.5 Å². The smallest absolute Gasteiger partial charge is 0.252 e. The van der Waals surface area contributed by atoms with Gasteiger partial charge in [0.2, 0.25) is 0 Å². The number of hydrogen-bond donors (Lipinski definition) is 0. The van der Waals surface area contributed by atoms with Crippen molar-refractivity contribution in [3.05, 3.63) is 171 Å². The second-order valence-electron chi connectivity index (χ2n) is 32.1. The highest BCUT2D eigenvalue weighted by Crippen LogP contribution is 2.63. The van der Waals surface area contributed by atoms with Crippen molar-refractivity contribution >= 4 is 68.6 Å². The fraction of sp³-hybridized carbons (Fsp3) is 0.455. The van der Waals surface area contributed by atoms with Crippen LogP contribution in [0.1, 0.15) is 204 Å². The molecule has 3 heterocycles. The number of rotatable bonds is 4. The lowest BCUT2D eigenvalue weighted by Crippen LogP contribution is -2.62. The van der Waals surface area contributed by atoms with E-state index in [1.165, 1.54) is 162 Å². The molecule has 7 aromatic rings. The van der Waals surface area contributed by atoms with Crippen molar-refractivity contribution in [2.75, 3.05) is 14.7 Å². The van der Waals surface area contributed by atoms with Crippen LogP contribution in [0.25, 0.3) is 11.1 Å². The number of fused-ring (bicyclic) bond motifs is 11. The van der Waals surface area contributed by atoms with E-state index in [1.54, 1.807) is 11.1 Å². The molecule has 7 aromatic carbocycles. The van der Waals surface area contributed by atoms with Crippen molar-refractivity contribution in [3.63, 3.8) is 0 Å². The Morgan fingerprint density at radius 2 is 0.914 bits per heavy atom. The third-order valence-corrected chi connectivity index (χ3v) is 23.4. The molecule has 8 aliphatic rings. The molecule has 15 rings (SSSR count). The SMILES string of the molecule is Cc1ccccc1-c1ccc2c(c1)C1(C)CCCCC1(C)N2c1cc2c3c(c1)N(c1ccc4c(c1)C(C)(C)CCC4(C)C)c1cc4c(cc1B3c1cc3c(cc1N2c1ccc2c(c1)CC(C)(C)C2)CC(C)(C)C3)C(C)(C)CCC4(C)C. The summed E-state index contributed by atoms with van der Waals surface area (Å²) in [5.41, 5.74) is 33.3. The first-order chi connectivity index (χ1) is 38.2. The van der Waals surface area contributed by atoms with E-state index in [1.807, 2.05) is 0 Å². The highest BCUT2D eigenvalue weighted by atomic mass is 15.3. The summed E-state index contributed by atoms with van der Waals surface area (Å²) in [6.45, 7) is 37.6. The second kappa shape index (κ2) is 16.6. The molecular weight excluding hydrogens is 978 g/mol. The topological polar surface area (TPSA) is 9.72 Å². The van der Waals surface area contributed by atoms with Crippen molar-refractivity contribution in [3.8, 4) is 11.1 Å². The molecular formula is C77H88BN3. The Morgan fingerprint density at radius 3 is 1.58 bits per heavy atom. The minimum atomic E-state index is -0.158. The Morgan fingerprint density at radius 1 is 0.383 bits per heavy atom. The minimum absolute atomic E-state index is 0.0347. The molecule has 81 heavy (non-hydrogen) atoms. The standard InChI is InChI=1S/C77H88BN3/c1-47-20-16-17-21-56(47)48-23-27-64-61(35-48)76(14)28-18-19-29-77(76,15)81(64)55-39-67-69-68(40-55)80(54-25-26-57-58(38-54)73(8,9)31-30-72(57,6)7)66-42-60-59(74(10,11)32-33-75(60,12)13)41-63(66)78(69)62-36-51-45-71(4,5)46-52(51)37-65(62)79(67)53-24-22-49-43-70(2,3)44-50(49)34-53/h16-17,20-27,34-42H,18-19,28-33,43-46H2,1-15H3. The molecule has 4 heteroatoms. The van der Waals surface area contributed by atoms with Gasteiger partial charge in [0, 0.05) is 50.9 Å². The van der Waals surface area contributed by atoms with Gasteiger partial charge in [0.05, 0.1) is 5.54 Å². The Balaban J connectivity index is 1.07. The highest BCUT2D eigenvalue weighted by Gasteiger charge is 2.59. The highest BCUT2D eigenvalue weighted by molar-refractivity contribution is 7.00. The zero-order valence-corrected chi connectivity index (χ0v) is 51.9. The molecule has 0 amide bonds. The lowest BCUT2D eigenvalue weighted by atomic mass is 9.33. The summed E-state index contributed by atoms with van der Waals surface area (Å²) in [7, 11) is 0. The average molecular weight is 1070 g/mol. The van der Waals surface area contributed by atoms with Crippen LogP contribution in [-0.2, 0) is 52.8 Å². The molecule has 2 unspecified atom stereocenters. The van der Waals surface area contributed by atoms with E-state index in [4.69, 9.17) is 0 Å². The Hall–Kier alpha value is -6.00. The summed E-state index contributed by atoms with van der Waals surface area (Å²) in [5.74, 6) is 0. The molecule has 2 atom stereocenters. The van der Waals surface area contributed by atoms with Gasteiger partial charge in [0.1, 0.15) is 0 Å². The van der Waals surface area contributed by atoms with Crippen LogP contribution in [0.15, 0.2) is 115 Å². The number of aryl methyl sites for hydroxylation is 1. The fourth-order valence-corrected chi connectivity index (χ4v) is 18.4. The van der Waals surface area contributed by atoms with E-state index in [-0.39, 0.29) is 50.2 Å². The molecule has 5 aliphatic carbocycles. The summed E-state index contributed by atoms with van der Waals surface area (Å²) in [6.07, 6.45) is 14.0. The zero-order valence-electron chi connectivity index (χ0n) is 51.9. The van der Waals surface area contributed by atoms with Crippen molar-refractivity contribution in [1.82, 2.24) is 0 Å². The van der Waals surface area contributed by atoms with Crippen molar-refractivity contribution < 1.29 is 0 Å². The molecule has 0 saturated heterocycles. The third-order valence-electron chi connectivity index (χ3n) is 23.4. The quantitative estimate of drug-likeness (QED) is 0.163. The summed E-state index contributed by atoms with van der Waals surface area (Å²) in [4.78, 5) is 8.50. The van der Waals surface area contributed by atoms with Gasteiger partial charge < -0.3 is 14.7 Å². The summed E-state index contributed by atoms with van der Waals surface area (Å²) < 4.78 is 0. The van der Waals surface area contributed by atoms with Crippen molar-refractivity contribution in [2.24, 2.45) is 10.8 Å². The van der Waals surface area contributed by atoms with Gasteiger partial charge in [-0.3, -0.25) is 0 Å². The summed E-state index contributed by atoms with van der Waals surface area (Å²) in [6, 6.07) is 48.3. The lowest BCUT2D eigenvalue weighted by Gasteiger charge is -2.51. The minimum Gasteiger partial charge on any atom is -0.334 e. The van der Waals surface area contributed by atoms with Crippen LogP contribution >= 0.6 is 0 Å². The van der Waals surface area contributed by atoms with Crippen molar-refractivity contribution in [2.45, 2.75) is 214 Å². The van der Waals surface area contributed by atoms with E-state index in [9.17, 15) is 0 Å². The largest absolute Gasteiger partial charge is 0.334 e. The maximum absolute atomic E-state index is 2.89. The van der Waals surface area contributed by atoms with Gasteiger partial charge in [-0.15, -0.1) is 0 Å². The van der Waals surface area contributed by atoms with Gasteiger partial charge in [-0.1, -0.05) is 157 Å². The molecule has 0 bridgehead atoms. The van der Waals surface area contributed by atoms with Crippen LogP contribution in [0, 0.1) is 17.8 Å². The van der Waals surface area contributed by atoms with Gasteiger partial charge in [-0.25, -0.2) is 0 Å². The Kier molecular flexibility index (Phi) is 10.6. The number of anilines is 8.